The van der Waals surface area contributed by atoms with Crippen molar-refractivity contribution >= 4 is 25.4 Å². The predicted molar refractivity (Wildman–Crippen MR) is 83.9 cm³/mol. The highest BCUT2D eigenvalue weighted by Gasteiger charge is 2.25. The fraction of sp³-hybridized carbons (Fsp3) is 0.231. The van der Waals surface area contributed by atoms with E-state index >= 15 is 0 Å². The molecule has 4 nitrogen and oxygen atoms in total. The first-order valence-electron chi connectivity index (χ1n) is 5.88. The van der Waals surface area contributed by atoms with E-state index in [1.807, 2.05) is 21.7 Å². The van der Waals surface area contributed by atoms with Crippen LogP contribution in [0, 0.1) is 0 Å². The molecule has 0 amide bonds. The van der Waals surface area contributed by atoms with Gasteiger partial charge in [0.2, 0.25) is 0 Å². The molecule has 0 aliphatic carbocycles. The summed E-state index contributed by atoms with van der Waals surface area (Å²) in [5.74, 6) is 0.299. The van der Waals surface area contributed by atoms with Crippen molar-refractivity contribution in [3.63, 3.8) is 0 Å². The number of nitrogens with two attached hydrogens (primary N) is 1. The van der Waals surface area contributed by atoms with Crippen LogP contribution in [0.3, 0.4) is 0 Å². The molecule has 0 atom stereocenters. The molecule has 0 spiro atoms. The average Bonchev–Trinajstić information content (AvgIpc) is 2.35. The van der Waals surface area contributed by atoms with Gasteiger partial charge in [0.1, 0.15) is 7.85 Å². The van der Waals surface area contributed by atoms with Crippen molar-refractivity contribution in [1.29, 1.82) is 0 Å². The molecule has 1 aromatic rings. The monoisotopic (exact) mass is 276 g/mol. The number of aliphatic imine (C=N–C) groups is 1. The molecule has 0 aliphatic rings. The number of hydrogen-bond acceptors (Lipinski definition) is 2. The van der Waals surface area contributed by atoms with Gasteiger partial charge < -0.3 is 11.1 Å². The van der Waals surface area contributed by atoms with Crippen molar-refractivity contribution < 1.29 is 0 Å². The van der Waals surface area contributed by atoms with Gasteiger partial charge in [-0.25, -0.2) is 4.99 Å². The Morgan fingerprint density at radius 3 is 2.89 bits per heavy atom. The van der Waals surface area contributed by atoms with Crippen molar-refractivity contribution in [2.24, 2.45) is 10.7 Å². The first kappa shape index (κ1) is 15.3. The quantitative estimate of drug-likeness (QED) is 0.379. The minimum atomic E-state index is -0.512. The van der Waals surface area contributed by atoms with E-state index < -0.39 is 5.54 Å². The van der Waals surface area contributed by atoms with Gasteiger partial charge >= 0.3 is 0 Å². The number of allylic oxidation sites excluding steroid dienone is 2. The Bertz CT molecular complexity index is 523. The van der Waals surface area contributed by atoms with Gasteiger partial charge in [0, 0.05) is 12.4 Å². The van der Waals surface area contributed by atoms with Gasteiger partial charge in [0.05, 0.1) is 16.3 Å². The maximum Gasteiger partial charge on any atom is 0.193 e. The zero-order valence-electron chi connectivity index (χ0n) is 11.4. The van der Waals surface area contributed by atoms with E-state index in [1.165, 1.54) is 0 Å². The van der Waals surface area contributed by atoms with Crippen LogP contribution < -0.4 is 11.1 Å². The summed E-state index contributed by atoms with van der Waals surface area (Å²) in [6, 6.07) is 3.58. The molecule has 0 unspecified atom stereocenters. The lowest BCUT2D eigenvalue weighted by Crippen LogP contribution is -2.45. The topological polar surface area (TPSA) is 63.3 Å². The van der Waals surface area contributed by atoms with Crippen molar-refractivity contribution in [2.75, 3.05) is 0 Å². The summed E-state index contributed by atoms with van der Waals surface area (Å²) in [5.41, 5.74) is 6.98. The van der Waals surface area contributed by atoms with Crippen molar-refractivity contribution in [3.8, 4) is 0 Å². The summed E-state index contributed by atoms with van der Waals surface area (Å²) < 4.78 is 0. The Morgan fingerprint density at radius 2 is 2.32 bits per heavy atom. The molecule has 0 aromatic carbocycles. The highest BCUT2D eigenvalue weighted by molar-refractivity contribution is 6.31. The molecule has 1 aromatic heterocycles. The second kappa shape index (κ2) is 6.43. The Labute approximate surface area is 119 Å². The van der Waals surface area contributed by atoms with Gasteiger partial charge in [0.15, 0.2) is 5.96 Å². The smallest absolute Gasteiger partial charge is 0.193 e. The summed E-state index contributed by atoms with van der Waals surface area (Å²) in [6.07, 6.45) is 5.04. The molecule has 0 bridgehead atoms. The van der Waals surface area contributed by atoms with E-state index in [2.05, 4.69) is 21.9 Å². The Balaban J connectivity index is 2.91. The summed E-state index contributed by atoms with van der Waals surface area (Å²) in [5, 5.41) is 3.68. The Kier molecular flexibility index (Phi) is 5.18. The van der Waals surface area contributed by atoms with Gasteiger partial charge in [-0.1, -0.05) is 29.7 Å². The number of nitrogens with zero attached hydrogens (tertiary/aromatic N) is 2. The fourth-order valence-corrected chi connectivity index (χ4v) is 1.84. The van der Waals surface area contributed by atoms with Crippen molar-refractivity contribution in [1.82, 2.24) is 10.3 Å². The van der Waals surface area contributed by atoms with E-state index in [-0.39, 0.29) is 0 Å². The molecular weight excluding hydrogens is 258 g/mol. The maximum absolute atomic E-state index is 6.13. The molecule has 0 saturated carbocycles. The van der Waals surface area contributed by atoms with Crippen LogP contribution in [0.5, 0.6) is 0 Å². The molecular formula is C13H18BClN4. The van der Waals surface area contributed by atoms with Crippen LogP contribution in [0.4, 0.5) is 0 Å². The first-order valence-corrected chi connectivity index (χ1v) is 6.26. The second-order valence-corrected chi connectivity index (χ2v) is 5.08. The highest BCUT2D eigenvalue weighted by atomic mass is 35.5. The van der Waals surface area contributed by atoms with E-state index in [9.17, 15) is 0 Å². The number of rotatable bonds is 4. The normalized spacial score (nSPS) is 13.2. The minimum absolute atomic E-state index is 0.299. The lowest BCUT2D eigenvalue weighted by atomic mass is 9.97. The largest absolute Gasteiger partial charge is 0.370 e. The zero-order chi connectivity index (χ0) is 14.5. The molecule has 1 rings (SSSR count). The number of aromatic nitrogens is 1. The Hall–Kier alpha value is -1.75. The number of halogens is 1. The molecule has 6 heteroatoms. The van der Waals surface area contributed by atoms with E-state index in [0.29, 0.717) is 11.0 Å². The Morgan fingerprint density at radius 1 is 1.63 bits per heavy atom. The molecule has 100 valence electrons. The fourth-order valence-electron chi connectivity index (χ4n) is 1.48. The van der Waals surface area contributed by atoms with Gasteiger partial charge in [0.25, 0.3) is 0 Å². The number of nitrogens with one attached hydrogen (secondary N) is 1. The van der Waals surface area contributed by atoms with Crippen molar-refractivity contribution in [2.45, 2.75) is 19.4 Å². The van der Waals surface area contributed by atoms with Crippen LogP contribution in [-0.4, -0.2) is 18.8 Å². The molecule has 0 aliphatic heterocycles. The van der Waals surface area contributed by atoms with Gasteiger partial charge in [-0.3, -0.25) is 4.98 Å². The molecule has 0 fully saturated rings. The SMILES string of the molecule is B/C(C=C)=C/N=C(\N)NC(C)(C)c1ncccc1Cl. The average molecular weight is 277 g/mol. The standard InChI is InChI=1S/C13H18BClN4/c1-4-9(14)8-18-12(16)19-13(2,3)11-10(15)6-5-7-17-11/h4-8H,1,14H2,2-3H3,(H3,16,18,19)/b9-8+. The third kappa shape index (κ3) is 4.45. The van der Waals surface area contributed by atoms with Crippen molar-refractivity contribution in [3.05, 3.63) is 53.4 Å². The van der Waals surface area contributed by atoms with Gasteiger partial charge in [-0.2, -0.15) is 0 Å². The summed E-state index contributed by atoms with van der Waals surface area (Å²) in [6.45, 7) is 7.52. The minimum Gasteiger partial charge on any atom is -0.370 e. The van der Waals surface area contributed by atoms with Crippen LogP contribution >= 0.6 is 11.6 Å². The third-order valence-electron chi connectivity index (χ3n) is 2.52. The van der Waals surface area contributed by atoms with Crippen LogP contribution in [0.15, 0.2) is 47.6 Å². The third-order valence-corrected chi connectivity index (χ3v) is 2.83. The van der Waals surface area contributed by atoms with Crippen LogP contribution in [0.25, 0.3) is 0 Å². The highest BCUT2D eigenvalue weighted by Crippen LogP contribution is 2.24. The maximum atomic E-state index is 6.13. The number of hydrogen-bond donors (Lipinski definition) is 2. The predicted octanol–water partition coefficient (Wildman–Crippen LogP) is 1.53. The zero-order valence-corrected chi connectivity index (χ0v) is 12.2. The number of pyridine rings is 1. The van der Waals surface area contributed by atoms with Crippen LogP contribution in [0.1, 0.15) is 19.5 Å². The van der Waals surface area contributed by atoms with E-state index in [0.717, 1.165) is 11.2 Å². The van der Waals surface area contributed by atoms with Crippen LogP contribution in [-0.2, 0) is 5.54 Å². The van der Waals surface area contributed by atoms with E-state index in [4.69, 9.17) is 17.3 Å². The summed E-state index contributed by atoms with van der Waals surface area (Å²) >= 11 is 6.13. The molecule has 19 heavy (non-hydrogen) atoms. The molecule has 3 N–H and O–H groups in total. The van der Waals surface area contributed by atoms with Gasteiger partial charge in [-0.05, 0) is 26.0 Å². The second-order valence-electron chi connectivity index (χ2n) is 4.68. The lowest BCUT2D eigenvalue weighted by Gasteiger charge is -2.26. The van der Waals surface area contributed by atoms with Crippen LogP contribution in [0.2, 0.25) is 5.02 Å². The molecule has 0 radical (unpaired) electrons. The first-order chi connectivity index (χ1) is 8.86. The lowest BCUT2D eigenvalue weighted by molar-refractivity contribution is 0.469. The summed E-state index contributed by atoms with van der Waals surface area (Å²) in [4.78, 5) is 8.39. The summed E-state index contributed by atoms with van der Waals surface area (Å²) in [7, 11) is 1.89. The molecule has 0 saturated heterocycles. The van der Waals surface area contributed by atoms with Gasteiger partial charge in [-0.15, -0.1) is 0 Å². The number of guanidine groups is 1. The molecule has 1 heterocycles. The van der Waals surface area contributed by atoms with E-state index in [1.54, 1.807) is 30.6 Å².